The number of nitrogens with one attached hydrogen (secondary N) is 2. The molecule has 0 aliphatic carbocycles. The highest BCUT2D eigenvalue weighted by Crippen LogP contribution is 2.32. The smallest absolute Gasteiger partial charge is 0.329 e. The van der Waals surface area contributed by atoms with E-state index in [1.54, 1.807) is 0 Å². The molecule has 0 fully saturated rings. The van der Waals surface area contributed by atoms with Gasteiger partial charge in [0.1, 0.15) is 6.04 Å². The molecular formula is C18H19Cl2N3O6. The van der Waals surface area contributed by atoms with Gasteiger partial charge in [0, 0.05) is 6.54 Å². The number of carbonyl (C=O) groups is 5. The first kappa shape index (κ1) is 22.6. The molecule has 1 heterocycles. The number of imide groups is 2. The molecule has 5 amide bonds. The number of rotatable bonds is 6. The summed E-state index contributed by atoms with van der Waals surface area (Å²) in [6.45, 7) is 4.65. The van der Waals surface area contributed by atoms with Gasteiger partial charge in [-0.15, -0.1) is 0 Å². The van der Waals surface area contributed by atoms with Gasteiger partial charge in [0.25, 0.3) is 17.7 Å². The van der Waals surface area contributed by atoms with E-state index >= 15 is 0 Å². The van der Waals surface area contributed by atoms with E-state index in [0.29, 0.717) is 11.4 Å². The molecule has 2 rings (SSSR count). The fourth-order valence-corrected chi connectivity index (χ4v) is 2.80. The minimum Gasteiger partial charge on any atom is -0.454 e. The summed E-state index contributed by atoms with van der Waals surface area (Å²) in [7, 11) is 0. The molecule has 0 bridgehead atoms. The van der Waals surface area contributed by atoms with Crippen molar-refractivity contribution in [2.45, 2.75) is 26.8 Å². The summed E-state index contributed by atoms with van der Waals surface area (Å²) in [6, 6.07) is 0.478. The summed E-state index contributed by atoms with van der Waals surface area (Å²) < 4.78 is 4.82. The van der Waals surface area contributed by atoms with Gasteiger partial charge in [-0.2, -0.15) is 0 Å². The van der Waals surface area contributed by atoms with Crippen LogP contribution >= 0.6 is 23.2 Å². The van der Waals surface area contributed by atoms with Gasteiger partial charge >= 0.3 is 12.0 Å². The van der Waals surface area contributed by atoms with E-state index in [-0.39, 0.29) is 27.1 Å². The summed E-state index contributed by atoms with van der Waals surface area (Å²) >= 11 is 11.8. The average Bonchev–Trinajstić information content (AvgIpc) is 2.88. The topological polar surface area (TPSA) is 122 Å². The molecule has 0 aromatic heterocycles. The summed E-state index contributed by atoms with van der Waals surface area (Å²) in [4.78, 5) is 61.1. The van der Waals surface area contributed by atoms with Crippen LogP contribution in [0.2, 0.25) is 10.0 Å². The Bertz CT molecular complexity index is 846. The molecular weight excluding hydrogens is 425 g/mol. The Labute approximate surface area is 176 Å². The quantitative estimate of drug-likeness (QED) is 0.512. The van der Waals surface area contributed by atoms with Gasteiger partial charge < -0.3 is 10.1 Å². The van der Waals surface area contributed by atoms with Crippen LogP contribution in [0.1, 0.15) is 41.5 Å². The van der Waals surface area contributed by atoms with Gasteiger partial charge in [-0.05, 0) is 25.0 Å². The van der Waals surface area contributed by atoms with Gasteiger partial charge in [-0.3, -0.25) is 24.6 Å². The normalized spacial score (nSPS) is 13.9. The van der Waals surface area contributed by atoms with E-state index in [9.17, 15) is 24.0 Å². The molecule has 1 atom stereocenters. The number of carbonyl (C=O) groups excluding carboxylic acids is 5. The number of amides is 5. The van der Waals surface area contributed by atoms with Crippen molar-refractivity contribution < 1.29 is 28.7 Å². The van der Waals surface area contributed by atoms with Crippen molar-refractivity contribution >= 4 is 52.9 Å². The Morgan fingerprint density at radius 1 is 1.03 bits per heavy atom. The van der Waals surface area contributed by atoms with E-state index in [0.717, 1.165) is 0 Å². The lowest BCUT2D eigenvalue weighted by Crippen LogP contribution is -2.46. The second kappa shape index (κ2) is 9.23. The Balaban J connectivity index is 1.95. The van der Waals surface area contributed by atoms with Crippen LogP contribution in [0.3, 0.4) is 0 Å². The molecule has 0 radical (unpaired) electrons. The van der Waals surface area contributed by atoms with Crippen LogP contribution in [0.5, 0.6) is 0 Å². The van der Waals surface area contributed by atoms with Gasteiger partial charge in [0.2, 0.25) is 0 Å². The second-order valence-electron chi connectivity index (χ2n) is 6.73. The van der Waals surface area contributed by atoms with Crippen LogP contribution in [0.15, 0.2) is 12.1 Å². The Morgan fingerprint density at radius 3 is 2.03 bits per heavy atom. The Kier molecular flexibility index (Phi) is 7.21. The van der Waals surface area contributed by atoms with Gasteiger partial charge in [0.15, 0.2) is 6.61 Å². The number of hydrogen-bond acceptors (Lipinski definition) is 6. The Morgan fingerprint density at radius 2 is 1.55 bits per heavy atom. The zero-order valence-electron chi connectivity index (χ0n) is 15.9. The van der Waals surface area contributed by atoms with Gasteiger partial charge in [-0.25, -0.2) is 9.59 Å². The first-order chi connectivity index (χ1) is 13.5. The third-order valence-electron chi connectivity index (χ3n) is 3.96. The summed E-state index contributed by atoms with van der Waals surface area (Å²) in [5, 5.41) is 4.66. The zero-order chi connectivity index (χ0) is 21.9. The average molecular weight is 444 g/mol. The molecule has 1 aromatic rings. The molecule has 0 saturated carbocycles. The minimum atomic E-state index is -1.30. The van der Waals surface area contributed by atoms with E-state index in [2.05, 4.69) is 5.32 Å². The number of fused-ring (bicyclic) bond motifs is 1. The molecule has 29 heavy (non-hydrogen) atoms. The lowest BCUT2D eigenvalue weighted by molar-refractivity contribution is -0.151. The van der Waals surface area contributed by atoms with Crippen molar-refractivity contribution in [2.24, 2.45) is 5.92 Å². The van der Waals surface area contributed by atoms with Crippen molar-refractivity contribution in [3.63, 3.8) is 0 Å². The first-order valence-corrected chi connectivity index (χ1v) is 9.39. The molecule has 9 nitrogen and oxygen atoms in total. The number of benzene rings is 1. The van der Waals surface area contributed by atoms with Gasteiger partial charge in [-0.1, -0.05) is 37.0 Å². The van der Waals surface area contributed by atoms with Crippen molar-refractivity contribution in [3.05, 3.63) is 33.3 Å². The van der Waals surface area contributed by atoms with E-state index in [4.69, 9.17) is 27.9 Å². The monoisotopic (exact) mass is 443 g/mol. The number of ether oxygens (including phenoxy) is 1. The molecule has 156 valence electrons. The van der Waals surface area contributed by atoms with Crippen molar-refractivity contribution in [1.82, 2.24) is 15.5 Å². The SMILES string of the molecule is CC(C)CNC(=O)NC(=O)COC(=O)[C@H](C)N1C(=O)c2cc(Cl)c(Cl)cc2C1=O. The lowest BCUT2D eigenvalue weighted by Gasteiger charge is -2.20. The number of esters is 1. The van der Waals surface area contributed by atoms with Crippen LogP contribution in [0.4, 0.5) is 4.79 Å². The maximum Gasteiger partial charge on any atom is 0.329 e. The summed E-state index contributed by atoms with van der Waals surface area (Å²) in [5.41, 5.74) is 0.0345. The standard InChI is InChI=1S/C18H19Cl2N3O6/c1-8(2)6-21-18(28)22-14(24)7-29-17(27)9(3)23-15(25)10-4-12(19)13(20)5-11(10)16(23)26/h4-5,8-9H,6-7H2,1-3H3,(H2,21,22,24,28)/t9-/m0/s1. The number of nitrogens with zero attached hydrogens (tertiary/aromatic N) is 1. The molecule has 2 N–H and O–H groups in total. The zero-order valence-corrected chi connectivity index (χ0v) is 17.4. The largest absolute Gasteiger partial charge is 0.454 e. The van der Waals surface area contributed by atoms with Crippen molar-refractivity contribution in [1.29, 1.82) is 0 Å². The highest BCUT2D eigenvalue weighted by Gasteiger charge is 2.42. The highest BCUT2D eigenvalue weighted by molar-refractivity contribution is 6.43. The highest BCUT2D eigenvalue weighted by atomic mass is 35.5. The van der Waals surface area contributed by atoms with Crippen molar-refractivity contribution in [3.8, 4) is 0 Å². The van der Waals surface area contributed by atoms with Crippen LogP contribution in [0.25, 0.3) is 0 Å². The molecule has 1 aliphatic heterocycles. The Hall–Kier alpha value is -2.65. The maximum absolute atomic E-state index is 12.5. The third kappa shape index (κ3) is 5.24. The van der Waals surface area contributed by atoms with E-state index < -0.39 is 42.4 Å². The molecule has 1 aliphatic rings. The molecule has 0 unspecified atom stereocenters. The molecule has 1 aromatic carbocycles. The molecule has 0 spiro atoms. The minimum absolute atomic E-state index is 0.0172. The van der Waals surface area contributed by atoms with Gasteiger partial charge in [0.05, 0.1) is 21.2 Å². The predicted molar refractivity (Wildman–Crippen MR) is 104 cm³/mol. The lowest BCUT2D eigenvalue weighted by atomic mass is 10.1. The van der Waals surface area contributed by atoms with Crippen LogP contribution in [-0.2, 0) is 14.3 Å². The number of hydrogen-bond donors (Lipinski definition) is 2. The van der Waals surface area contributed by atoms with E-state index in [1.165, 1.54) is 19.1 Å². The summed E-state index contributed by atoms with van der Waals surface area (Å²) in [5.74, 6) is -3.11. The molecule has 0 saturated heterocycles. The van der Waals surface area contributed by atoms with Crippen molar-refractivity contribution in [2.75, 3.05) is 13.2 Å². The van der Waals surface area contributed by atoms with E-state index in [1.807, 2.05) is 19.2 Å². The predicted octanol–water partition coefficient (Wildman–Crippen LogP) is 2.00. The molecule has 11 heteroatoms. The fourth-order valence-electron chi connectivity index (χ4n) is 2.47. The first-order valence-electron chi connectivity index (χ1n) is 8.64. The van der Waals surface area contributed by atoms with Crippen LogP contribution in [0, 0.1) is 5.92 Å². The third-order valence-corrected chi connectivity index (χ3v) is 4.68. The summed E-state index contributed by atoms with van der Waals surface area (Å²) in [6.07, 6.45) is 0. The maximum atomic E-state index is 12.5. The number of urea groups is 1. The number of halogens is 2. The fraction of sp³-hybridized carbons (Fsp3) is 0.389. The second-order valence-corrected chi connectivity index (χ2v) is 7.54. The van der Waals surface area contributed by atoms with Crippen LogP contribution in [-0.4, -0.2) is 53.8 Å². The van der Waals surface area contributed by atoms with Crippen LogP contribution < -0.4 is 10.6 Å².